The number of sulfonamides is 1. The number of ketones is 2. The van der Waals surface area contributed by atoms with Crippen LogP contribution in [0.5, 0.6) is 0 Å². The topological polar surface area (TPSA) is 83.6 Å². The van der Waals surface area contributed by atoms with Crippen LogP contribution in [0, 0.1) is 0 Å². The van der Waals surface area contributed by atoms with E-state index in [1.807, 2.05) is 0 Å². The molecule has 2 aromatic rings. The number of nitrogens with zero attached hydrogens (tertiary/aromatic N) is 1. The summed E-state index contributed by atoms with van der Waals surface area (Å²) in [7, 11) is -4.37. The van der Waals surface area contributed by atoms with Crippen molar-refractivity contribution < 1.29 is 18.0 Å². The zero-order valence-electron chi connectivity index (χ0n) is 15.8. The number of carbonyl (C=O) groups excluding carboxylic acids is 2. The van der Waals surface area contributed by atoms with Gasteiger partial charge in [-0.15, -0.1) is 0 Å². The van der Waals surface area contributed by atoms with Gasteiger partial charge in [0.1, 0.15) is 5.70 Å². The number of likely N-dealkylation sites (tertiary alicyclic amines) is 1. The van der Waals surface area contributed by atoms with Crippen molar-refractivity contribution in [3.05, 3.63) is 74.2 Å². The number of nitrogens with one attached hydrogen (secondary N) is 1. The van der Waals surface area contributed by atoms with Crippen LogP contribution in [0.4, 0.5) is 5.69 Å². The number of allylic oxidation sites excluding steroid dienone is 2. The minimum Gasteiger partial charge on any atom is -0.367 e. The highest BCUT2D eigenvalue weighted by atomic mass is 35.5. The molecule has 2 aromatic carbocycles. The summed E-state index contributed by atoms with van der Waals surface area (Å²) >= 11 is 11.9. The lowest BCUT2D eigenvalue weighted by atomic mass is 9.91. The summed E-state index contributed by atoms with van der Waals surface area (Å²) in [6, 6.07) is 10.5. The van der Waals surface area contributed by atoms with E-state index in [9.17, 15) is 18.0 Å². The maximum Gasteiger partial charge on any atom is 0.268 e. The first kappa shape index (κ1) is 20.9. The molecule has 1 saturated heterocycles. The highest BCUT2D eigenvalue weighted by Gasteiger charge is 2.41. The Morgan fingerprint density at radius 2 is 1.47 bits per heavy atom. The first-order chi connectivity index (χ1) is 14.3. The molecule has 0 unspecified atom stereocenters. The summed E-state index contributed by atoms with van der Waals surface area (Å²) in [4.78, 5) is 27.7. The number of benzene rings is 2. The third-order valence-electron chi connectivity index (χ3n) is 5.17. The van der Waals surface area contributed by atoms with Gasteiger partial charge in [-0.1, -0.05) is 47.5 Å². The van der Waals surface area contributed by atoms with Gasteiger partial charge in [0.05, 0.1) is 15.7 Å². The Morgan fingerprint density at radius 3 is 2.10 bits per heavy atom. The smallest absolute Gasteiger partial charge is 0.268 e. The van der Waals surface area contributed by atoms with Crippen LogP contribution >= 0.6 is 23.2 Å². The zero-order chi connectivity index (χ0) is 21.5. The van der Waals surface area contributed by atoms with Gasteiger partial charge in [0.15, 0.2) is 4.91 Å². The van der Waals surface area contributed by atoms with Gasteiger partial charge < -0.3 is 4.90 Å². The summed E-state index contributed by atoms with van der Waals surface area (Å²) in [5, 5.41) is 0.434. The number of anilines is 1. The molecular formula is C21H18Cl2N2O4S. The fourth-order valence-electron chi connectivity index (χ4n) is 3.76. The summed E-state index contributed by atoms with van der Waals surface area (Å²) in [6.07, 6.45) is 2.63. The van der Waals surface area contributed by atoms with Gasteiger partial charge in [-0.2, -0.15) is 0 Å². The van der Waals surface area contributed by atoms with Gasteiger partial charge in [0.25, 0.3) is 10.0 Å². The van der Waals surface area contributed by atoms with Crippen LogP contribution < -0.4 is 4.72 Å². The van der Waals surface area contributed by atoms with Gasteiger partial charge in [0.2, 0.25) is 11.6 Å². The van der Waals surface area contributed by atoms with Crippen molar-refractivity contribution in [2.75, 3.05) is 17.8 Å². The second-order valence-electron chi connectivity index (χ2n) is 7.16. The Morgan fingerprint density at radius 1 is 0.833 bits per heavy atom. The molecule has 4 rings (SSSR count). The SMILES string of the molecule is O=C1C(N2CCCCC2)=C(S(=O)(=O)Nc2ccc(Cl)c(Cl)c2)C(=O)c2ccccc21. The summed E-state index contributed by atoms with van der Waals surface area (Å²) in [5.74, 6) is -1.15. The molecule has 0 spiro atoms. The number of fused-ring (bicyclic) bond motifs is 1. The zero-order valence-corrected chi connectivity index (χ0v) is 18.1. The number of hydrogen-bond acceptors (Lipinski definition) is 5. The van der Waals surface area contributed by atoms with E-state index in [2.05, 4.69) is 4.72 Å². The van der Waals surface area contributed by atoms with Crippen molar-refractivity contribution in [1.29, 1.82) is 0 Å². The predicted molar refractivity (Wildman–Crippen MR) is 117 cm³/mol. The number of hydrogen-bond donors (Lipinski definition) is 1. The molecule has 156 valence electrons. The van der Waals surface area contributed by atoms with Gasteiger partial charge in [-0.05, 0) is 37.5 Å². The van der Waals surface area contributed by atoms with Crippen LogP contribution in [0.3, 0.4) is 0 Å². The summed E-state index contributed by atoms with van der Waals surface area (Å²) < 4.78 is 29.0. The van der Waals surface area contributed by atoms with E-state index in [4.69, 9.17) is 23.2 Å². The second-order valence-corrected chi connectivity index (χ2v) is 9.60. The number of halogens is 2. The van der Waals surface area contributed by atoms with Crippen LogP contribution in [0.15, 0.2) is 53.1 Å². The summed E-state index contributed by atoms with van der Waals surface area (Å²) in [5.41, 5.74) is 0.384. The van der Waals surface area contributed by atoms with Crippen LogP contribution in [0.1, 0.15) is 40.0 Å². The largest absolute Gasteiger partial charge is 0.367 e. The molecular weight excluding hydrogens is 447 g/mol. The Kier molecular flexibility index (Phi) is 5.61. The standard InChI is InChI=1S/C21H18Cl2N2O4S/c22-16-9-8-13(12-17(16)23)24-30(28,29)21-18(25-10-4-1-5-11-25)19(26)14-6-2-3-7-15(14)20(21)27/h2-3,6-9,12,24H,1,4-5,10-11H2. The predicted octanol–water partition coefficient (Wildman–Crippen LogP) is 4.51. The van der Waals surface area contributed by atoms with E-state index in [0.717, 1.165) is 19.3 Å². The van der Waals surface area contributed by atoms with Crippen molar-refractivity contribution in [2.45, 2.75) is 19.3 Å². The van der Waals surface area contributed by atoms with Crippen LogP contribution in [0.25, 0.3) is 0 Å². The average Bonchev–Trinajstić information content (AvgIpc) is 2.73. The fourth-order valence-corrected chi connectivity index (χ4v) is 5.43. The number of carbonyl (C=O) groups is 2. The first-order valence-electron chi connectivity index (χ1n) is 9.45. The van der Waals surface area contributed by atoms with Crippen molar-refractivity contribution in [2.24, 2.45) is 0 Å². The Bertz CT molecular complexity index is 1190. The molecule has 0 saturated carbocycles. The highest BCUT2D eigenvalue weighted by Crippen LogP contribution is 2.34. The third-order valence-corrected chi connectivity index (χ3v) is 7.33. The molecule has 1 fully saturated rings. The Hall–Kier alpha value is -2.35. The summed E-state index contributed by atoms with van der Waals surface area (Å²) in [6.45, 7) is 1.03. The number of piperidine rings is 1. The molecule has 0 aromatic heterocycles. The van der Waals surface area contributed by atoms with E-state index in [1.54, 1.807) is 23.1 Å². The molecule has 6 nitrogen and oxygen atoms in total. The molecule has 0 amide bonds. The maximum atomic E-state index is 13.3. The Labute approximate surface area is 184 Å². The third kappa shape index (κ3) is 3.73. The second kappa shape index (κ2) is 8.06. The Balaban J connectivity index is 1.86. The number of rotatable bonds is 4. The van der Waals surface area contributed by atoms with Crippen LogP contribution in [0.2, 0.25) is 10.0 Å². The van der Waals surface area contributed by atoms with Gasteiger partial charge in [0, 0.05) is 24.2 Å². The van der Waals surface area contributed by atoms with E-state index < -0.39 is 26.5 Å². The van der Waals surface area contributed by atoms with E-state index >= 15 is 0 Å². The fraction of sp³-hybridized carbons (Fsp3) is 0.238. The quantitative estimate of drug-likeness (QED) is 0.719. The molecule has 1 heterocycles. The molecule has 0 atom stereocenters. The molecule has 0 bridgehead atoms. The normalized spacial score (nSPS) is 17.2. The van der Waals surface area contributed by atoms with E-state index in [-0.39, 0.29) is 32.6 Å². The van der Waals surface area contributed by atoms with Gasteiger partial charge >= 0.3 is 0 Å². The van der Waals surface area contributed by atoms with Crippen molar-refractivity contribution in [3.8, 4) is 0 Å². The first-order valence-corrected chi connectivity index (χ1v) is 11.7. The molecule has 9 heteroatoms. The molecule has 2 aliphatic rings. The van der Waals surface area contributed by atoms with Gasteiger partial charge in [-0.3, -0.25) is 14.3 Å². The lowest BCUT2D eigenvalue weighted by Crippen LogP contribution is -2.40. The van der Waals surface area contributed by atoms with Crippen molar-refractivity contribution in [3.63, 3.8) is 0 Å². The van der Waals surface area contributed by atoms with E-state index in [0.29, 0.717) is 13.1 Å². The molecule has 1 aliphatic heterocycles. The van der Waals surface area contributed by atoms with Crippen LogP contribution in [-0.2, 0) is 10.0 Å². The minimum atomic E-state index is -4.37. The van der Waals surface area contributed by atoms with Crippen molar-refractivity contribution in [1.82, 2.24) is 4.90 Å². The molecule has 1 N–H and O–H groups in total. The van der Waals surface area contributed by atoms with Crippen LogP contribution in [-0.4, -0.2) is 38.0 Å². The van der Waals surface area contributed by atoms with Crippen molar-refractivity contribution >= 4 is 50.5 Å². The lowest BCUT2D eigenvalue weighted by molar-refractivity contribution is 0.0939. The maximum absolute atomic E-state index is 13.3. The van der Waals surface area contributed by atoms with Gasteiger partial charge in [-0.25, -0.2) is 8.42 Å². The van der Waals surface area contributed by atoms with E-state index in [1.165, 1.54) is 24.3 Å². The highest BCUT2D eigenvalue weighted by molar-refractivity contribution is 7.97. The monoisotopic (exact) mass is 464 g/mol. The number of Topliss-reactive ketones (excluding diaryl/α,β-unsaturated/α-hetero) is 2. The average molecular weight is 465 g/mol. The molecule has 30 heavy (non-hydrogen) atoms. The lowest BCUT2D eigenvalue weighted by Gasteiger charge is -2.33. The molecule has 0 radical (unpaired) electrons. The minimum absolute atomic E-state index is 0.0639. The molecule has 1 aliphatic carbocycles.